The first kappa shape index (κ1) is 16.5. The van der Waals surface area contributed by atoms with Crippen LogP contribution in [0, 0.1) is 0 Å². The molecule has 0 aliphatic carbocycles. The zero-order valence-corrected chi connectivity index (χ0v) is 12.7. The lowest BCUT2D eigenvalue weighted by Gasteiger charge is -2.33. The standard InChI is InChI=1S/C17H23NO4/c19-16(20)5-1-2-10-18-11-3-4-15(12-18)13-6-8-14(9-7-13)17(21)22/h6-9,15H,1-5,10-12H2,(H,19,20)(H,21,22). The van der Waals surface area contributed by atoms with E-state index in [4.69, 9.17) is 10.2 Å². The predicted octanol–water partition coefficient (Wildman–Crippen LogP) is 2.82. The normalized spacial score (nSPS) is 19.0. The fourth-order valence-corrected chi connectivity index (χ4v) is 3.04. The quantitative estimate of drug-likeness (QED) is 0.757. The van der Waals surface area contributed by atoms with E-state index in [-0.39, 0.29) is 6.42 Å². The van der Waals surface area contributed by atoms with Gasteiger partial charge in [-0.2, -0.15) is 0 Å². The van der Waals surface area contributed by atoms with Crippen molar-refractivity contribution in [3.05, 3.63) is 35.4 Å². The number of nitrogens with zero attached hydrogens (tertiary/aromatic N) is 1. The Morgan fingerprint density at radius 2 is 1.86 bits per heavy atom. The third-order valence-electron chi connectivity index (χ3n) is 4.25. The van der Waals surface area contributed by atoms with Gasteiger partial charge in [-0.1, -0.05) is 12.1 Å². The molecule has 1 heterocycles. The van der Waals surface area contributed by atoms with Gasteiger partial charge >= 0.3 is 11.9 Å². The van der Waals surface area contributed by atoms with Gasteiger partial charge in [0.15, 0.2) is 0 Å². The lowest BCUT2D eigenvalue weighted by atomic mass is 9.90. The summed E-state index contributed by atoms with van der Waals surface area (Å²) in [5.74, 6) is -1.18. The molecule has 0 radical (unpaired) electrons. The highest BCUT2D eigenvalue weighted by atomic mass is 16.4. The third-order valence-corrected chi connectivity index (χ3v) is 4.25. The Morgan fingerprint density at radius 1 is 1.14 bits per heavy atom. The largest absolute Gasteiger partial charge is 0.481 e. The van der Waals surface area contributed by atoms with E-state index in [9.17, 15) is 9.59 Å². The van der Waals surface area contributed by atoms with Gasteiger partial charge in [0.05, 0.1) is 5.56 Å². The molecule has 0 spiro atoms. The average molecular weight is 305 g/mol. The van der Waals surface area contributed by atoms with Crippen molar-refractivity contribution in [1.29, 1.82) is 0 Å². The van der Waals surface area contributed by atoms with Crippen LogP contribution in [-0.4, -0.2) is 46.7 Å². The van der Waals surface area contributed by atoms with Crippen molar-refractivity contribution < 1.29 is 19.8 Å². The van der Waals surface area contributed by atoms with Crippen LogP contribution in [0.1, 0.15) is 53.9 Å². The van der Waals surface area contributed by atoms with E-state index in [1.807, 2.05) is 12.1 Å². The van der Waals surface area contributed by atoms with Crippen LogP contribution in [0.4, 0.5) is 0 Å². The van der Waals surface area contributed by atoms with Crippen LogP contribution in [-0.2, 0) is 4.79 Å². The van der Waals surface area contributed by atoms with E-state index >= 15 is 0 Å². The van der Waals surface area contributed by atoms with Crippen LogP contribution in [0.3, 0.4) is 0 Å². The number of aliphatic carboxylic acids is 1. The van der Waals surface area contributed by atoms with Crippen molar-refractivity contribution in [3.8, 4) is 0 Å². The topological polar surface area (TPSA) is 77.8 Å². The second-order valence-corrected chi connectivity index (χ2v) is 5.92. The SMILES string of the molecule is O=C(O)CCCCN1CCCC(c2ccc(C(=O)O)cc2)C1. The maximum absolute atomic E-state index is 10.9. The first-order valence-electron chi connectivity index (χ1n) is 7.83. The van der Waals surface area contributed by atoms with Crippen LogP contribution in [0.5, 0.6) is 0 Å². The molecule has 1 aromatic rings. The lowest BCUT2D eigenvalue weighted by Crippen LogP contribution is -2.35. The minimum absolute atomic E-state index is 0.244. The molecule has 1 atom stereocenters. The maximum Gasteiger partial charge on any atom is 0.335 e. The van der Waals surface area contributed by atoms with Crippen molar-refractivity contribution in [3.63, 3.8) is 0 Å². The van der Waals surface area contributed by atoms with Crippen LogP contribution in [0.2, 0.25) is 0 Å². The van der Waals surface area contributed by atoms with Crippen molar-refractivity contribution in [2.24, 2.45) is 0 Å². The van der Waals surface area contributed by atoms with Gasteiger partial charge in [0.2, 0.25) is 0 Å². The van der Waals surface area contributed by atoms with Crippen LogP contribution >= 0.6 is 0 Å². The average Bonchev–Trinajstić information content (AvgIpc) is 2.52. The maximum atomic E-state index is 10.9. The third kappa shape index (κ3) is 4.84. The smallest absolute Gasteiger partial charge is 0.335 e. The monoisotopic (exact) mass is 305 g/mol. The number of piperidine rings is 1. The van der Waals surface area contributed by atoms with E-state index in [0.717, 1.165) is 45.3 Å². The Morgan fingerprint density at radius 3 is 2.50 bits per heavy atom. The van der Waals surface area contributed by atoms with E-state index < -0.39 is 11.9 Å². The van der Waals surface area contributed by atoms with E-state index in [1.54, 1.807) is 12.1 Å². The molecule has 0 aromatic heterocycles. The molecule has 1 aliphatic rings. The van der Waals surface area contributed by atoms with Crippen molar-refractivity contribution in [2.75, 3.05) is 19.6 Å². The Bertz CT molecular complexity index is 512. The molecule has 22 heavy (non-hydrogen) atoms. The molecular weight excluding hydrogens is 282 g/mol. The van der Waals surface area contributed by atoms with Gasteiger partial charge in [-0.3, -0.25) is 4.79 Å². The number of aromatic carboxylic acids is 1. The van der Waals surface area contributed by atoms with Crippen LogP contribution in [0.25, 0.3) is 0 Å². The molecule has 5 nitrogen and oxygen atoms in total. The number of benzene rings is 1. The predicted molar refractivity (Wildman–Crippen MR) is 83.3 cm³/mol. The molecule has 120 valence electrons. The Hall–Kier alpha value is -1.88. The van der Waals surface area contributed by atoms with Crippen LogP contribution < -0.4 is 0 Å². The second-order valence-electron chi connectivity index (χ2n) is 5.92. The summed E-state index contributed by atoms with van der Waals surface area (Å²) in [6.07, 6.45) is 4.14. The highest BCUT2D eigenvalue weighted by Crippen LogP contribution is 2.27. The van der Waals surface area contributed by atoms with Gasteiger partial charge in [0.1, 0.15) is 0 Å². The number of carboxylic acid groups (broad SMARTS) is 2. The van der Waals surface area contributed by atoms with E-state index in [2.05, 4.69) is 4.90 Å². The summed E-state index contributed by atoms with van der Waals surface area (Å²) < 4.78 is 0. The number of carboxylic acids is 2. The molecular formula is C17H23NO4. The van der Waals surface area contributed by atoms with E-state index in [0.29, 0.717) is 11.5 Å². The summed E-state index contributed by atoms with van der Waals surface area (Å²) in [5, 5.41) is 17.6. The van der Waals surface area contributed by atoms with Crippen molar-refractivity contribution in [2.45, 2.75) is 38.0 Å². The molecule has 0 amide bonds. The Kier molecular flexibility index (Phi) is 5.95. The molecule has 5 heteroatoms. The summed E-state index contributed by atoms with van der Waals surface area (Å²) in [6.45, 7) is 2.98. The summed E-state index contributed by atoms with van der Waals surface area (Å²) in [5.41, 5.74) is 1.52. The molecule has 1 unspecified atom stereocenters. The second kappa shape index (κ2) is 7.94. The van der Waals surface area contributed by atoms with Crippen molar-refractivity contribution >= 4 is 11.9 Å². The Labute approximate surface area is 130 Å². The number of hydrogen-bond acceptors (Lipinski definition) is 3. The zero-order valence-electron chi connectivity index (χ0n) is 12.7. The highest BCUT2D eigenvalue weighted by molar-refractivity contribution is 5.87. The molecule has 1 aliphatic heterocycles. The fourth-order valence-electron chi connectivity index (χ4n) is 3.04. The van der Waals surface area contributed by atoms with E-state index in [1.165, 1.54) is 5.56 Å². The molecule has 1 saturated heterocycles. The number of rotatable bonds is 7. The summed E-state index contributed by atoms with van der Waals surface area (Å²) in [6, 6.07) is 7.18. The number of carbonyl (C=O) groups is 2. The van der Waals surface area contributed by atoms with Gasteiger partial charge < -0.3 is 15.1 Å². The first-order chi connectivity index (χ1) is 10.6. The Balaban J connectivity index is 1.84. The molecule has 0 bridgehead atoms. The minimum Gasteiger partial charge on any atom is -0.481 e. The number of likely N-dealkylation sites (tertiary alicyclic amines) is 1. The molecule has 1 aromatic carbocycles. The minimum atomic E-state index is -0.893. The van der Waals surface area contributed by atoms with Crippen molar-refractivity contribution in [1.82, 2.24) is 4.90 Å². The molecule has 0 saturated carbocycles. The molecule has 2 rings (SSSR count). The van der Waals surface area contributed by atoms with Gasteiger partial charge in [-0.05, 0) is 62.4 Å². The lowest BCUT2D eigenvalue weighted by molar-refractivity contribution is -0.137. The fraction of sp³-hybridized carbons (Fsp3) is 0.529. The van der Waals surface area contributed by atoms with Gasteiger partial charge in [0, 0.05) is 13.0 Å². The van der Waals surface area contributed by atoms with Gasteiger partial charge in [0.25, 0.3) is 0 Å². The first-order valence-corrected chi connectivity index (χ1v) is 7.83. The summed E-state index contributed by atoms with van der Waals surface area (Å²) in [7, 11) is 0. The number of hydrogen-bond donors (Lipinski definition) is 2. The summed E-state index contributed by atoms with van der Waals surface area (Å²) >= 11 is 0. The highest BCUT2D eigenvalue weighted by Gasteiger charge is 2.21. The van der Waals surface area contributed by atoms with Gasteiger partial charge in [-0.25, -0.2) is 4.79 Å². The zero-order chi connectivity index (χ0) is 15.9. The molecule has 2 N–H and O–H groups in total. The van der Waals surface area contributed by atoms with Gasteiger partial charge in [-0.15, -0.1) is 0 Å². The molecule has 1 fully saturated rings. The summed E-state index contributed by atoms with van der Waals surface area (Å²) in [4.78, 5) is 23.8. The van der Waals surface area contributed by atoms with Crippen LogP contribution in [0.15, 0.2) is 24.3 Å². The number of unbranched alkanes of at least 4 members (excludes halogenated alkanes) is 1.